The van der Waals surface area contributed by atoms with Crippen LogP contribution in [0.1, 0.15) is 36.1 Å². The summed E-state index contributed by atoms with van der Waals surface area (Å²) in [4.78, 5) is 0. The van der Waals surface area contributed by atoms with Crippen LogP contribution in [-0.2, 0) is 6.42 Å². The van der Waals surface area contributed by atoms with E-state index < -0.39 is 6.10 Å². The molecule has 0 aromatic heterocycles. The highest BCUT2D eigenvalue weighted by molar-refractivity contribution is 5.32. The van der Waals surface area contributed by atoms with Crippen LogP contribution in [0.5, 0.6) is 0 Å². The highest BCUT2D eigenvalue weighted by Crippen LogP contribution is 2.24. The maximum Gasteiger partial charge on any atom is 0.129 e. The fraction of sp³-hybridized carbons (Fsp3) is 0.250. The van der Waals surface area contributed by atoms with Crippen LogP contribution in [0.4, 0.5) is 4.39 Å². The summed E-state index contributed by atoms with van der Waals surface area (Å²) in [6.07, 6.45) is 1.22. The number of aryl methyl sites for hydroxylation is 1. The molecule has 18 heavy (non-hydrogen) atoms. The van der Waals surface area contributed by atoms with Crippen LogP contribution in [0.25, 0.3) is 0 Å². The molecule has 0 aliphatic rings. The smallest absolute Gasteiger partial charge is 0.129 e. The van der Waals surface area contributed by atoms with E-state index in [1.54, 1.807) is 18.2 Å². The zero-order valence-corrected chi connectivity index (χ0v) is 10.4. The van der Waals surface area contributed by atoms with E-state index in [2.05, 4.69) is 6.92 Å². The van der Waals surface area contributed by atoms with E-state index in [0.717, 1.165) is 18.4 Å². The minimum Gasteiger partial charge on any atom is -0.384 e. The average Bonchev–Trinajstić information content (AvgIpc) is 2.40. The van der Waals surface area contributed by atoms with Gasteiger partial charge in [0.1, 0.15) is 11.9 Å². The summed E-state index contributed by atoms with van der Waals surface area (Å²) < 4.78 is 13.6. The molecule has 0 spiro atoms. The summed E-state index contributed by atoms with van der Waals surface area (Å²) in [5.41, 5.74) is 2.28. The Bertz CT molecular complexity index is 505. The van der Waals surface area contributed by atoms with Gasteiger partial charge in [0.15, 0.2) is 0 Å². The van der Waals surface area contributed by atoms with Crippen molar-refractivity contribution in [2.45, 2.75) is 25.9 Å². The molecule has 1 unspecified atom stereocenters. The maximum atomic E-state index is 13.6. The minimum atomic E-state index is -0.901. The maximum absolute atomic E-state index is 13.6. The van der Waals surface area contributed by atoms with Crippen molar-refractivity contribution in [3.63, 3.8) is 0 Å². The quantitative estimate of drug-likeness (QED) is 0.865. The summed E-state index contributed by atoms with van der Waals surface area (Å²) in [6, 6.07) is 14.0. The Morgan fingerprint density at radius 3 is 2.33 bits per heavy atom. The molecule has 0 aliphatic carbocycles. The Hall–Kier alpha value is -1.67. The van der Waals surface area contributed by atoms with E-state index in [1.165, 1.54) is 11.6 Å². The third-order valence-electron chi connectivity index (χ3n) is 3.03. The molecule has 1 N–H and O–H groups in total. The fourth-order valence-corrected chi connectivity index (χ4v) is 2.03. The number of benzene rings is 2. The highest BCUT2D eigenvalue weighted by atomic mass is 19.1. The number of hydrogen-bond donors (Lipinski definition) is 1. The van der Waals surface area contributed by atoms with Gasteiger partial charge in [-0.05, 0) is 23.6 Å². The molecule has 0 heterocycles. The van der Waals surface area contributed by atoms with E-state index in [0.29, 0.717) is 5.56 Å². The molecule has 0 radical (unpaired) electrons. The summed E-state index contributed by atoms with van der Waals surface area (Å²) in [5, 5.41) is 10.2. The van der Waals surface area contributed by atoms with Gasteiger partial charge in [0.25, 0.3) is 0 Å². The van der Waals surface area contributed by atoms with Crippen molar-refractivity contribution in [3.8, 4) is 0 Å². The van der Waals surface area contributed by atoms with Gasteiger partial charge in [-0.3, -0.25) is 0 Å². The molecular weight excluding hydrogens is 227 g/mol. The molecule has 1 nitrogen and oxygen atoms in total. The Labute approximate surface area is 107 Å². The summed E-state index contributed by atoms with van der Waals surface area (Å²) in [6.45, 7) is 2.13. The lowest BCUT2D eigenvalue weighted by molar-refractivity contribution is 0.215. The van der Waals surface area contributed by atoms with Crippen LogP contribution in [-0.4, -0.2) is 5.11 Å². The highest BCUT2D eigenvalue weighted by Gasteiger charge is 2.13. The predicted octanol–water partition coefficient (Wildman–Crippen LogP) is 3.86. The first-order valence-corrected chi connectivity index (χ1v) is 6.23. The molecule has 2 heteroatoms. The van der Waals surface area contributed by atoms with Gasteiger partial charge >= 0.3 is 0 Å². The van der Waals surface area contributed by atoms with Crippen molar-refractivity contribution in [2.24, 2.45) is 0 Å². The van der Waals surface area contributed by atoms with Crippen molar-refractivity contribution >= 4 is 0 Å². The van der Waals surface area contributed by atoms with Gasteiger partial charge in [0, 0.05) is 5.56 Å². The number of rotatable bonds is 4. The molecule has 2 rings (SSSR count). The van der Waals surface area contributed by atoms with Crippen molar-refractivity contribution in [3.05, 3.63) is 71.0 Å². The second kappa shape index (κ2) is 5.78. The van der Waals surface area contributed by atoms with Crippen LogP contribution in [0, 0.1) is 5.82 Å². The summed E-state index contributed by atoms with van der Waals surface area (Å²) in [5.74, 6) is -0.373. The zero-order chi connectivity index (χ0) is 13.0. The zero-order valence-electron chi connectivity index (χ0n) is 10.4. The first-order chi connectivity index (χ1) is 8.72. The number of aliphatic hydroxyl groups excluding tert-OH is 1. The summed E-state index contributed by atoms with van der Waals surface area (Å²) >= 11 is 0. The molecule has 0 saturated carbocycles. The van der Waals surface area contributed by atoms with Crippen molar-refractivity contribution in [2.75, 3.05) is 0 Å². The van der Waals surface area contributed by atoms with Gasteiger partial charge in [-0.2, -0.15) is 0 Å². The Kier molecular flexibility index (Phi) is 4.11. The Morgan fingerprint density at radius 1 is 1.06 bits per heavy atom. The van der Waals surface area contributed by atoms with E-state index in [-0.39, 0.29) is 5.82 Å². The van der Waals surface area contributed by atoms with Gasteiger partial charge in [0.05, 0.1) is 0 Å². The van der Waals surface area contributed by atoms with Gasteiger partial charge in [-0.25, -0.2) is 4.39 Å². The minimum absolute atomic E-state index is 0.320. The third-order valence-corrected chi connectivity index (χ3v) is 3.03. The lowest BCUT2D eigenvalue weighted by atomic mass is 9.99. The standard InChI is InChI=1S/C16H17FO/c1-2-5-12-8-10-13(11-9-12)16(18)14-6-3-4-7-15(14)17/h3-4,6-11,16,18H,2,5H2,1H3. The first kappa shape index (κ1) is 12.8. The van der Waals surface area contributed by atoms with Crippen LogP contribution in [0.3, 0.4) is 0 Å². The third kappa shape index (κ3) is 2.77. The SMILES string of the molecule is CCCc1ccc(C(O)c2ccccc2F)cc1. The van der Waals surface area contributed by atoms with E-state index in [1.807, 2.05) is 24.3 Å². The van der Waals surface area contributed by atoms with E-state index in [9.17, 15) is 9.50 Å². The van der Waals surface area contributed by atoms with Crippen LogP contribution in [0.15, 0.2) is 48.5 Å². The van der Waals surface area contributed by atoms with Gasteiger partial charge in [-0.15, -0.1) is 0 Å². The lowest BCUT2D eigenvalue weighted by Crippen LogP contribution is -2.02. The molecule has 0 saturated heterocycles. The van der Waals surface area contributed by atoms with Crippen molar-refractivity contribution in [1.82, 2.24) is 0 Å². The second-order valence-corrected chi connectivity index (χ2v) is 4.42. The van der Waals surface area contributed by atoms with Crippen molar-refractivity contribution in [1.29, 1.82) is 0 Å². The number of aliphatic hydroxyl groups is 1. The lowest BCUT2D eigenvalue weighted by Gasteiger charge is -2.12. The molecule has 94 valence electrons. The largest absolute Gasteiger partial charge is 0.384 e. The van der Waals surface area contributed by atoms with Gasteiger partial charge < -0.3 is 5.11 Å². The van der Waals surface area contributed by atoms with Crippen LogP contribution in [0.2, 0.25) is 0 Å². The van der Waals surface area contributed by atoms with Gasteiger partial charge in [0.2, 0.25) is 0 Å². The van der Waals surface area contributed by atoms with E-state index >= 15 is 0 Å². The molecule has 2 aromatic carbocycles. The molecular formula is C16H17FO. The molecule has 0 aliphatic heterocycles. The second-order valence-electron chi connectivity index (χ2n) is 4.42. The topological polar surface area (TPSA) is 20.2 Å². The predicted molar refractivity (Wildman–Crippen MR) is 70.9 cm³/mol. The molecule has 1 atom stereocenters. The van der Waals surface area contributed by atoms with Crippen molar-refractivity contribution < 1.29 is 9.50 Å². The Morgan fingerprint density at radius 2 is 1.72 bits per heavy atom. The Balaban J connectivity index is 2.23. The normalized spacial score (nSPS) is 12.4. The molecule has 0 fully saturated rings. The monoisotopic (exact) mass is 244 g/mol. The van der Waals surface area contributed by atoms with Gasteiger partial charge in [-0.1, -0.05) is 55.8 Å². The molecule has 2 aromatic rings. The van der Waals surface area contributed by atoms with Crippen LogP contribution >= 0.6 is 0 Å². The number of hydrogen-bond acceptors (Lipinski definition) is 1. The fourth-order valence-electron chi connectivity index (χ4n) is 2.03. The number of halogens is 1. The summed E-state index contributed by atoms with van der Waals surface area (Å²) in [7, 11) is 0. The average molecular weight is 244 g/mol. The van der Waals surface area contributed by atoms with Crippen LogP contribution < -0.4 is 0 Å². The first-order valence-electron chi connectivity index (χ1n) is 6.23. The van der Waals surface area contributed by atoms with E-state index in [4.69, 9.17) is 0 Å². The molecule has 0 amide bonds. The molecule has 0 bridgehead atoms.